The number of hydrogen-bond donors (Lipinski definition) is 0. The maximum absolute atomic E-state index is 4.02. The summed E-state index contributed by atoms with van der Waals surface area (Å²) in [5.74, 6) is 0. The minimum absolute atomic E-state index is 1.06. The lowest BCUT2D eigenvalue weighted by molar-refractivity contribution is 1.60. The van der Waals surface area contributed by atoms with Crippen LogP contribution in [0.1, 0.15) is 5.56 Å². The fourth-order valence-corrected chi connectivity index (χ4v) is 5.50. The van der Waals surface area contributed by atoms with Gasteiger partial charge in [-0.3, -0.25) is 0 Å². The Hall–Kier alpha value is -4.94. The first-order valence-corrected chi connectivity index (χ1v) is 12.9. The molecule has 0 heteroatoms. The van der Waals surface area contributed by atoms with Crippen LogP contribution in [0.5, 0.6) is 0 Å². The van der Waals surface area contributed by atoms with Crippen LogP contribution in [-0.4, -0.2) is 0 Å². The molecule has 0 unspecified atom stereocenters. The summed E-state index contributed by atoms with van der Waals surface area (Å²) in [5.41, 5.74) is 9.57. The second kappa shape index (κ2) is 10.2. The Morgan fingerprint density at radius 2 is 0.921 bits per heavy atom. The van der Waals surface area contributed by atoms with E-state index in [1.807, 2.05) is 18.2 Å². The molecule has 0 saturated carbocycles. The van der Waals surface area contributed by atoms with Crippen molar-refractivity contribution < 1.29 is 0 Å². The Kier molecular flexibility index (Phi) is 6.30. The maximum Gasteiger partial charge on any atom is -0.00262 e. The van der Waals surface area contributed by atoms with Gasteiger partial charge in [-0.25, -0.2) is 0 Å². The van der Waals surface area contributed by atoms with Crippen molar-refractivity contribution in [2.24, 2.45) is 0 Å². The molecule has 6 aromatic carbocycles. The fourth-order valence-electron chi connectivity index (χ4n) is 5.50. The van der Waals surface area contributed by atoms with E-state index >= 15 is 0 Å². The molecule has 0 heterocycles. The van der Waals surface area contributed by atoms with Crippen LogP contribution in [0.3, 0.4) is 0 Å². The van der Waals surface area contributed by atoms with Gasteiger partial charge in [0.25, 0.3) is 0 Å². The molecule has 0 spiro atoms. The fraction of sp³-hybridized carbons (Fsp3) is 0. The van der Waals surface area contributed by atoms with Crippen molar-refractivity contribution in [3.8, 4) is 33.4 Å². The SMILES string of the molecule is C=C/C=C(\C=C)c1cccc(-c2c3ccccc3c(-c3cccc(-c4ccccc4)c3)c3ccccc23)c1. The van der Waals surface area contributed by atoms with Gasteiger partial charge < -0.3 is 0 Å². The third kappa shape index (κ3) is 4.17. The third-order valence-corrected chi connectivity index (χ3v) is 7.19. The maximum atomic E-state index is 4.02. The number of fused-ring (bicyclic) bond motifs is 2. The summed E-state index contributed by atoms with van der Waals surface area (Å²) >= 11 is 0. The Labute approximate surface area is 224 Å². The van der Waals surface area contributed by atoms with Crippen LogP contribution in [0.2, 0.25) is 0 Å². The molecule has 38 heavy (non-hydrogen) atoms. The molecule has 0 amide bonds. The van der Waals surface area contributed by atoms with Crippen LogP contribution < -0.4 is 0 Å². The Morgan fingerprint density at radius 1 is 0.447 bits per heavy atom. The van der Waals surface area contributed by atoms with Crippen molar-refractivity contribution >= 4 is 27.1 Å². The Balaban J connectivity index is 1.66. The average molecular weight is 485 g/mol. The van der Waals surface area contributed by atoms with Gasteiger partial charge in [-0.1, -0.05) is 147 Å². The smallest absolute Gasteiger partial charge is 0.00262 e. The molecule has 6 aromatic rings. The van der Waals surface area contributed by atoms with Gasteiger partial charge in [0.2, 0.25) is 0 Å². The van der Waals surface area contributed by atoms with E-state index < -0.39 is 0 Å². The molecule has 0 nitrogen and oxygen atoms in total. The molecule has 0 radical (unpaired) electrons. The molecule has 0 atom stereocenters. The zero-order valence-electron chi connectivity index (χ0n) is 21.3. The summed E-state index contributed by atoms with van der Waals surface area (Å²) in [6, 6.07) is 45.8. The highest BCUT2D eigenvalue weighted by atomic mass is 14.2. The topological polar surface area (TPSA) is 0 Å². The molecule has 0 aliphatic carbocycles. The quantitative estimate of drug-likeness (QED) is 0.163. The van der Waals surface area contributed by atoms with E-state index in [4.69, 9.17) is 0 Å². The predicted octanol–water partition coefficient (Wildman–Crippen LogP) is 10.7. The molecule has 0 saturated heterocycles. The summed E-state index contributed by atoms with van der Waals surface area (Å²) in [4.78, 5) is 0. The van der Waals surface area contributed by atoms with Gasteiger partial charge >= 0.3 is 0 Å². The van der Waals surface area contributed by atoms with Crippen molar-refractivity contribution in [2.45, 2.75) is 0 Å². The summed E-state index contributed by atoms with van der Waals surface area (Å²) < 4.78 is 0. The molecule has 0 aliphatic heterocycles. The molecule has 0 N–H and O–H groups in total. The van der Waals surface area contributed by atoms with Crippen LogP contribution in [-0.2, 0) is 0 Å². The standard InChI is InChI=1S/C38H28/c1-3-14-27(4-2)29-17-12-19-31(25-29)37-33-21-8-10-23-35(33)38(36-24-11-9-22-34(36)37)32-20-13-18-30(26-32)28-15-6-5-7-16-28/h3-26H,1-2H2/b27-14+. The van der Waals surface area contributed by atoms with Crippen LogP contribution in [0, 0.1) is 0 Å². The van der Waals surface area contributed by atoms with E-state index in [-0.39, 0.29) is 0 Å². The Morgan fingerprint density at radius 3 is 1.47 bits per heavy atom. The molecular formula is C38H28. The van der Waals surface area contributed by atoms with Crippen LogP contribution in [0.15, 0.2) is 159 Å². The van der Waals surface area contributed by atoms with Crippen molar-refractivity contribution in [1.29, 1.82) is 0 Å². The summed E-state index contributed by atoms with van der Waals surface area (Å²) in [7, 11) is 0. The van der Waals surface area contributed by atoms with Gasteiger partial charge in [-0.15, -0.1) is 0 Å². The minimum Gasteiger partial charge on any atom is -0.0990 e. The van der Waals surface area contributed by atoms with Gasteiger partial charge in [0.1, 0.15) is 0 Å². The lowest BCUT2D eigenvalue weighted by atomic mass is 9.85. The summed E-state index contributed by atoms with van der Waals surface area (Å²) in [6.45, 7) is 7.89. The predicted molar refractivity (Wildman–Crippen MR) is 166 cm³/mol. The van der Waals surface area contributed by atoms with Crippen LogP contribution in [0.25, 0.3) is 60.5 Å². The molecule has 0 bridgehead atoms. The Bertz CT molecular complexity index is 1780. The van der Waals surface area contributed by atoms with E-state index in [0.29, 0.717) is 0 Å². The number of allylic oxidation sites excluding steroid dienone is 4. The normalized spacial score (nSPS) is 11.5. The lowest BCUT2D eigenvalue weighted by Crippen LogP contribution is -1.92. The molecule has 0 fully saturated rings. The lowest BCUT2D eigenvalue weighted by Gasteiger charge is -2.18. The van der Waals surface area contributed by atoms with Gasteiger partial charge in [-0.05, 0) is 78.2 Å². The number of rotatable bonds is 6. The van der Waals surface area contributed by atoms with Crippen LogP contribution in [0.4, 0.5) is 0 Å². The van der Waals surface area contributed by atoms with Gasteiger partial charge in [0.05, 0.1) is 0 Å². The zero-order chi connectivity index (χ0) is 25.9. The second-order valence-electron chi connectivity index (χ2n) is 9.43. The van der Waals surface area contributed by atoms with Crippen molar-refractivity contribution in [1.82, 2.24) is 0 Å². The minimum atomic E-state index is 1.06. The number of benzene rings is 6. The first-order chi connectivity index (χ1) is 18.8. The second-order valence-corrected chi connectivity index (χ2v) is 9.43. The molecule has 0 aromatic heterocycles. The van der Waals surface area contributed by atoms with Gasteiger partial charge in [0, 0.05) is 0 Å². The zero-order valence-corrected chi connectivity index (χ0v) is 21.3. The monoisotopic (exact) mass is 484 g/mol. The van der Waals surface area contributed by atoms with E-state index in [0.717, 1.165) is 11.1 Å². The van der Waals surface area contributed by atoms with Crippen molar-refractivity contribution in [2.75, 3.05) is 0 Å². The first kappa shape index (κ1) is 23.5. The van der Waals surface area contributed by atoms with E-state index in [2.05, 4.69) is 141 Å². The molecule has 0 aliphatic rings. The average Bonchev–Trinajstić information content (AvgIpc) is 2.99. The summed E-state index contributed by atoms with van der Waals surface area (Å²) in [6.07, 6.45) is 5.71. The van der Waals surface area contributed by atoms with Crippen LogP contribution >= 0.6 is 0 Å². The van der Waals surface area contributed by atoms with Crippen molar-refractivity contribution in [3.05, 3.63) is 164 Å². The van der Waals surface area contributed by atoms with Gasteiger partial charge in [-0.2, -0.15) is 0 Å². The molecular weight excluding hydrogens is 456 g/mol. The van der Waals surface area contributed by atoms with E-state index in [9.17, 15) is 0 Å². The van der Waals surface area contributed by atoms with E-state index in [1.54, 1.807) is 0 Å². The highest BCUT2D eigenvalue weighted by molar-refractivity contribution is 6.21. The van der Waals surface area contributed by atoms with E-state index in [1.165, 1.54) is 54.9 Å². The van der Waals surface area contributed by atoms with Crippen molar-refractivity contribution in [3.63, 3.8) is 0 Å². The number of hydrogen-bond acceptors (Lipinski definition) is 0. The summed E-state index contributed by atoms with van der Waals surface area (Å²) in [5, 5.41) is 5.00. The van der Waals surface area contributed by atoms with Gasteiger partial charge in [0.15, 0.2) is 0 Å². The first-order valence-electron chi connectivity index (χ1n) is 12.9. The highest BCUT2D eigenvalue weighted by Crippen LogP contribution is 2.44. The molecule has 6 rings (SSSR count). The largest absolute Gasteiger partial charge is 0.0990 e. The molecule has 180 valence electrons. The highest BCUT2D eigenvalue weighted by Gasteiger charge is 2.17. The third-order valence-electron chi connectivity index (χ3n) is 7.19.